The van der Waals surface area contributed by atoms with Gasteiger partial charge in [-0.15, -0.1) is 0 Å². The van der Waals surface area contributed by atoms with Gasteiger partial charge in [-0.05, 0) is 53.9 Å². The van der Waals surface area contributed by atoms with Crippen LogP contribution in [0.5, 0.6) is 5.75 Å². The molecule has 1 heterocycles. The second kappa shape index (κ2) is 5.48. The van der Waals surface area contributed by atoms with Crippen LogP contribution < -0.4 is 10.5 Å². The molecule has 4 nitrogen and oxygen atoms in total. The number of carbonyl (C=O) groups is 1. The number of nitrogens with two attached hydrogens (primary N) is 1. The van der Waals surface area contributed by atoms with Gasteiger partial charge in [0.1, 0.15) is 5.75 Å². The molecule has 0 aromatic heterocycles. The SMILES string of the molecule is COc1ccc(C(=O)N2CCc3ccc(N)cc3C2)cc1. The first-order chi connectivity index (χ1) is 10.2. The molecule has 0 spiro atoms. The van der Waals surface area contributed by atoms with Crippen LogP contribution in [0.25, 0.3) is 0 Å². The van der Waals surface area contributed by atoms with Crippen LogP contribution in [0, 0.1) is 0 Å². The first kappa shape index (κ1) is 13.5. The number of hydrogen-bond acceptors (Lipinski definition) is 3. The summed E-state index contributed by atoms with van der Waals surface area (Å²) in [6.07, 6.45) is 0.873. The van der Waals surface area contributed by atoms with E-state index in [2.05, 4.69) is 6.07 Å². The zero-order chi connectivity index (χ0) is 14.8. The lowest BCUT2D eigenvalue weighted by atomic mass is 9.98. The van der Waals surface area contributed by atoms with E-state index in [1.807, 2.05) is 29.2 Å². The number of anilines is 1. The van der Waals surface area contributed by atoms with Gasteiger partial charge in [-0.3, -0.25) is 4.79 Å². The summed E-state index contributed by atoms with van der Waals surface area (Å²) in [5, 5.41) is 0. The minimum absolute atomic E-state index is 0.0470. The molecule has 0 atom stereocenters. The maximum Gasteiger partial charge on any atom is 0.254 e. The van der Waals surface area contributed by atoms with Gasteiger partial charge in [-0.2, -0.15) is 0 Å². The Morgan fingerprint density at radius 2 is 1.90 bits per heavy atom. The molecule has 1 aliphatic heterocycles. The molecule has 0 fully saturated rings. The first-order valence-electron chi connectivity index (χ1n) is 6.98. The maximum absolute atomic E-state index is 12.5. The van der Waals surface area contributed by atoms with Crippen molar-refractivity contribution in [1.29, 1.82) is 0 Å². The van der Waals surface area contributed by atoms with E-state index in [1.165, 1.54) is 5.56 Å². The molecule has 108 valence electrons. The Morgan fingerprint density at radius 3 is 2.62 bits per heavy atom. The van der Waals surface area contributed by atoms with Crippen LogP contribution in [0.1, 0.15) is 21.5 Å². The highest BCUT2D eigenvalue weighted by Gasteiger charge is 2.21. The topological polar surface area (TPSA) is 55.6 Å². The van der Waals surface area contributed by atoms with Gasteiger partial charge in [0.25, 0.3) is 5.91 Å². The third-order valence-corrected chi connectivity index (χ3v) is 3.87. The van der Waals surface area contributed by atoms with Crippen molar-refractivity contribution in [2.75, 3.05) is 19.4 Å². The highest BCUT2D eigenvalue weighted by Crippen LogP contribution is 2.23. The van der Waals surface area contributed by atoms with Crippen LogP contribution in [0.2, 0.25) is 0 Å². The van der Waals surface area contributed by atoms with E-state index in [-0.39, 0.29) is 5.91 Å². The molecule has 0 radical (unpaired) electrons. The van der Waals surface area contributed by atoms with Crippen LogP contribution in [-0.4, -0.2) is 24.5 Å². The van der Waals surface area contributed by atoms with E-state index < -0.39 is 0 Å². The van der Waals surface area contributed by atoms with Crippen LogP contribution in [0.4, 0.5) is 5.69 Å². The number of nitrogen functional groups attached to an aromatic ring is 1. The molecule has 0 aliphatic carbocycles. The summed E-state index contributed by atoms with van der Waals surface area (Å²) in [4.78, 5) is 14.4. The van der Waals surface area contributed by atoms with Gasteiger partial charge in [-0.1, -0.05) is 6.07 Å². The maximum atomic E-state index is 12.5. The third-order valence-electron chi connectivity index (χ3n) is 3.87. The summed E-state index contributed by atoms with van der Waals surface area (Å²) in [6, 6.07) is 13.2. The number of nitrogens with zero attached hydrogens (tertiary/aromatic N) is 1. The van der Waals surface area contributed by atoms with Gasteiger partial charge in [0, 0.05) is 24.3 Å². The minimum Gasteiger partial charge on any atom is -0.497 e. The van der Waals surface area contributed by atoms with Crippen LogP contribution in [-0.2, 0) is 13.0 Å². The van der Waals surface area contributed by atoms with Crippen molar-refractivity contribution >= 4 is 11.6 Å². The Bertz CT molecular complexity index is 665. The molecular weight excluding hydrogens is 264 g/mol. The Balaban J connectivity index is 1.79. The molecule has 2 aromatic rings. The zero-order valence-corrected chi connectivity index (χ0v) is 12.0. The fourth-order valence-electron chi connectivity index (χ4n) is 2.67. The molecule has 21 heavy (non-hydrogen) atoms. The molecule has 0 saturated heterocycles. The molecule has 0 unspecified atom stereocenters. The second-order valence-corrected chi connectivity index (χ2v) is 5.23. The third kappa shape index (κ3) is 2.70. The standard InChI is InChI=1S/C17H18N2O2/c1-21-16-6-3-13(4-7-16)17(20)19-9-8-12-2-5-15(18)10-14(12)11-19/h2-7,10H,8-9,11,18H2,1H3. The number of ether oxygens (including phenoxy) is 1. The Morgan fingerprint density at radius 1 is 1.14 bits per heavy atom. The van der Waals surface area contributed by atoms with Gasteiger partial charge in [0.05, 0.1) is 7.11 Å². The normalized spacial score (nSPS) is 13.7. The van der Waals surface area contributed by atoms with Gasteiger partial charge in [-0.25, -0.2) is 0 Å². The fraction of sp³-hybridized carbons (Fsp3) is 0.235. The Hall–Kier alpha value is -2.49. The molecule has 0 saturated carbocycles. The van der Waals surface area contributed by atoms with Gasteiger partial charge >= 0.3 is 0 Å². The predicted molar refractivity (Wildman–Crippen MR) is 82.3 cm³/mol. The largest absolute Gasteiger partial charge is 0.497 e. The van der Waals surface area contributed by atoms with Gasteiger partial charge < -0.3 is 15.4 Å². The number of amides is 1. The van der Waals surface area contributed by atoms with Crippen molar-refractivity contribution in [2.45, 2.75) is 13.0 Å². The highest BCUT2D eigenvalue weighted by molar-refractivity contribution is 5.94. The first-order valence-corrected chi connectivity index (χ1v) is 6.98. The molecule has 3 rings (SSSR count). The number of rotatable bonds is 2. The molecule has 4 heteroatoms. The van der Waals surface area contributed by atoms with Gasteiger partial charge in [0.2, 0.25) is 0 Å². The molecule has 2 aromatic carbocycles. The molecule has 1 aliphatic rings. The van der Waals surface area contributed by atoms with Crippen LogP contribution >= 0.6 is 0 Å². The number of carbonyl (C=O) groups excluding carboxylic acids is 1. The smallest absolute Gasteiger partial charge is 0.254 e. The van der Waals surface area contributed by atoms with Crippen molar-refractivity contribution in [3.8, 4) is 5.75 Å². The average Bonchev–Trinajstić information content (AvgIpc) is 2.53. The summed E-state index contributed by atoms with van der Waals surface area (Å²) < 4.78 is 5.12. The Labute approximate surface area is 124 Å². The van der Waals surface area contributed by atoms with E-state index in [0.29, 0.717) is 12.1 Å². The lowest BCUT2D eigenvalue weighted by molar-refractivity contribution is 0.0734. The highest BCUT2D eigenvalue weighted by atomic mass is 16.5. The van der Waals surface area contributed by atoms with Crippen molar-refractivity contribution in [2.24, 2.45) is 0 Å². The molecular formula is C17H18N2O2. The van der Waals surface area contributed by atoms with Crippen LogP contribution in [0.15, 0.2) is 42.5 Å². The number of methoxy groups -OCH3 is 1. The van der Waals surface area contributed by atoms with E-state index in [0.717, 1.165) is 30.0 Å². The van der Waals surface area contributed by atoms with Crippen LogP contribution in [0.3, 0.4) is 0 Å². The molecule has 2 N–H and O–H groups in total. The minimum atomic E-state index is 0.0470. The number of benzene rings is 2. The predicted octanol–water partition coefficient (Wildman–Crippen LogP) is 2.48. The summed E-state index contributed by atoms with van der Waals surface area (Å²) in [5.41, 5.74) is 9.68. The van der Waals surface area contributed by atoms with Gasteiger partial charge in [0.15, 0.2) is 0 Å². The summed E-state index contributed by atoms with van der Waals surface area (Å²) in [7, 11) is 1.61. The fourth-order valence-corrected chi connectivity index (χ4v) is 2.67. The van der Waals surface area contributed by atoms with E-state index in [1.54, 1.807) is 19.2 Å². The number of hydrogen-bond donors (Lipinski definition) is 1. The van der Waals surface area contributed by atoms with E-state index in [4.69, 9.17) is 10.5 Å². The van der Waals surface area contributed by atoms with Crippen molar-refractivity contribution in [3.63, 3.8) is 0 Å². The summed E-state index contributed by atoms with van der Waals surface area (Å²) >= 11 is 0. The number of fused-ring (bicyclic) bond motifs is 1. The van der Waals surface area contributed by atoms with Crippen molar-refractivity contribution in [1.82, 2.24) is 4.90 Å². The second-order valence-electron chi connectivity index (χ2n) is 5.23. The average molecular weight is 282 g/mol. The summed E-state index contributed by atoms with van der Waals surface area (Å²) in [5.74, 6) is 0.800. The monoisotopic (exact) mass is 282 g/mol. The lowest BCUT2D eigenvalue weighted by Crippen LogP contribution is -2.35. The quantitative estimate of drug-likeness (QED) is 0.861. The van der Waals surface area contributed by atoms with E-state index in [9.17, 15) is 4.79 Å². The molecule has 1 amide bonds. The lowest BCUT2D eigenvalue weighted by Gasteiger charge is -2.29. The van der Waals surface area contributed by atoms with Crippen molar-refractivity contribution < 1.29 is 9.53 Å². The Kier molecular flexibility index (Phi) is 3.52. The molecule has 0 bridgehead atoms. The van der Waals surface area contributed by atoms with E-state index >= 15 is 0 Å². The summed E-state index contributed by atoms with van der Waals surface area (Å²) in [6.45, 7) is 1.35. The zero-order valence-electron chi connectivity index (χ0n) is 12.0. The van der Waals surface area contributed by atoms with Crippen molar-refractivity contribution in [3.05, 3.63) is 59.2 Å².